The fraction of sp³-hybridized carbons (Fsp3) is 0.467. The van der Waals surface area contributed by atoms with Crippen molar-refractivity contribution in [3.63, 3.8) is 0 Å². The number of hydrogen-bond donors (Lipinski definition) is 0. The molecule has 1 atom stereocenters. The highest BCUT2D eigenvalue weighted by atomic mass is 16.5. The van der Waals surface area contributed by atoms with Crippen LogP contribution in [0.4, 0.5) is 0 Å². The van der Waals surface area contributed by atoms with Crippen LogP contribution < -0.4 is 0 Å². The van der Waals surface area contributed by atoms with Gasteiger partial charge >= 0.3 is 0 Å². The first kappa shape index (κ1) is 12.2. The van der Waals surface area contributed by atoms with Gasteiger partial charge in [-0.25, -0.2) is 9.98 Å². The van der Waals surface area contributed by atoms with Crippen LogP contribution in [0.2, 0.25) is 0 Å². The average molecular weight is 257 g/mol. The fourth-order valence-electron chi connectivity index (χ4n) is 2.14. The maximum absolute atomic E-state index is 5.71. The lowest BCUT2D eigenvalue weighted by Crippen LogP contribution is -2.25. The van der Waals surface area contributed by atoms with Gasteiger partial charge in [0.2, 0.25) is 5.90 Å². The Balaban J connectivity index is 1.97. The topological polar surface area (TPSA) is 38.9 Å². The van der Waals surface area contributed by atoms with Gasteiger partial charge in [-0.15, -0.1) is 0 Å². The highest BCUT2D eigenvalue weighted by Gasteiger charge is 2.31. The second kappa shape index (κ2) is 4.08. The smallest absolute Gasteiger partial charge is 0.237 e. The Morgan fingerprint density at radius 3 is 2.84 bits per heavy atom. The van der Waals surface area contributed by atoms with E-state index < -0.39 is 0 Å². The lowest BCUT2D eigenvalue weighted by Gasteiger charge is -2.21. The quantitative estimate of drug-likeness (QED) is 0.788. The number of aliphatic imine (C=N–C) groups is 1. The summed E-state index contributed by atoms with van der Waals surface area (Å²) in [7, 11) is 0. The monoisotopic (exact) mass is 257 g/mol. The van der Waals surface area contributed by atoms with Crippen molar-refractivity contribution >= 4 is 11.5 Å². The zero-order valence-electron chi connectivity index (χ0n) is 11.8. The molecule has 3 heterocycles. The number of pyridine rings is 1. The van der Waals surface area contributed by atoms with E-state index in [2.05, 4.69) is 49.8 Å². The molecule has 1 aliphatic rings. The molecule has 4 heteroatoms. The number of fused-ring (bicyclic) bond motifs is 1. The van der Waals surface area contributed by atoms with Gasteiger partial charge in [0.15, 0.2) is 0 Å². The minimum Gasteiger partial charge on any atom is -0.474 e. The first-order valence-corrected chi connectivity index (χ1v) is 6.60. The van der Waals surface area contributed by atoms with Gasteiger partial charge < -0.3 is 9.14 Å². The van der Waals surface area contributed by atoms with Crippen molar-refractivity contribution in [2.24, 2.45) is 10.4 Å². The first-order valence-electron chi connectivity index (χ1n) is 6.60. The number of imidazole rings is 1. The third-order valence-electron chi connectivity index (χ3n) is 3.49. The summed E-state index contributed by atoms with van der Waals surface area (Å²) in [6.45, 7) is 9.25. The van der Waals surface area contributed by atoms with Crippen molar-refractivity contribution < 1.29 is 4.74 Å². The van der Waals surface area contributed by atoms with Crippen LogP contribution >= 0.6 is 0 Å². The molecule has 0 spiro atoms. The molecule has 0 bridgehead atoms. The molecule has 0 saturated heterocycles. The van der Waals surface area contributed by atoms with Gasteiger partial charge in [-0.3, -0.25) is 0 Å². The van der Waals surface area contributed by atoms with E-state index in [0.29, 0.717) is 12.5 Å². The Morgan fingerprint density at radius 2 is 2.16 bits per heavy atom. The summed E-state index contributed by atoms with van der Waals surface area (Å²) in [5.74, 6) is 0.668. The molecule has 0 amide bonds. The van der Waals surface area contributed by atoms with Crippen molar-refractivity contribution in [2.45, 2.75) is 33.7 Å². The second-order valence-electron chi connectivity index (χ2n) is 6.22. The van der Waals surface area contributed by atoms with Gasteiger partial charge in [-0.1, -0.05) is 20.8 Å². The first-order chi connectivity index (χ1) is 8.93. The van der Waals surface area contributed by atoms with Gasteiger partial charge in [0.25, 0.3) is 0 Å². The molecule has 0 N–H and O–H groups in total. The van der Waals surface area contributed by atoms with Crippen molar-refractivity contribution in [1.29, 1.82) is 0 Å². The lowest BCUT2D eigenvalue weighted by molar-refractivity contribution is 0.235. The number of nitrogens with zero attached hydrogens (tertiary/aromatic N) is 3. The molecular weight excluding hydrogens is 238 g/mol. The van der Waals surface area contributed by atoms with Crippen LogP contribution in [0, 0.1) is 12.3 Å². The third-order valence-corrected chi connectivity index (χ3v) is 3.49. The number of rotatable bonds is 1. The molecular formula is C15H19N3O. The van der Waals surface area contributed by atoms with E-state index in [0.717, 1.165) is 11.3 Å². The number of aryl methyl sites for hydroxylation is 1. The summed E-state index contributed by atoms with van der Waals surface area (Å²) < 4.78 is 7.71. The minimum absolute atomic E-state index is 0.123. The summed E-state index contributed by atoms with van der Waals surface area (Å²) >= 11 is 0. The molecule has 2 aromatic rings. The van der Waals surface area contributed by atoms with Crippen molar-refractivity contribution in [1.82, 2.24) is 9.38 Å². The molecule has 2 aromatic heterocycles. The van der Waals surface area contributed by atoms with Crippen molar-refractivity contribution in [3.8, 4) is 0 Å². The largest absolute Gasteiger partial charge is 0.474 e. The molecule has 19 heavy (non-hydrogen) atoms. The van der Waals surface area contributed by atoms with Gasteiger partial charge in [-0.2, -0.15) is 0 Å². The van der Waals surface area contributed by atoms with Crippen LogP contribution in [0.5, 0.6) is 0 Å². The Kier molecular flexibility index (Phi) is 2.62. The molecule has 100 valence electrons. The number of hydrogen-bond acceptors (Lipinski definition) is 3. The van der Waals surface area contributed by atoms with Crippen LogP contribution in [0.1, 0.15) is 32.0 Å². The molecule has 4 nitrogen and oxygen atoms in total. The van der Waals surface area contributed by atoms with Gasteiger partial charge in [0, 0.05) is 12.4 Å². The fourth-order valence-corrected chi connectivity index (χ4v) is 2.14. The normalized spacial score (nSPS) is 19.6. The average Bonchev–Trinajstić information content (AvgIpc) is 2.92. The zero-order valence-corrected chi connectivity index (χ0v) is 11.8. The predicted molar refractivity (Wildman–Crippen MR) is 75.7 cm³/mol. The summed E-state index contributed by atoms with van der Waals surface area (Å²) in [6.07, 6.45) is 3.98. The van der Waals surface area contributed by atoms with Crippen LogP contribution in [-0.2, 0) is 4.74 Å². The molecule has 0 aliphatic carbocycles. The van der Waals surface area contributed by atoms with E-state index in [1.165, 1.54) is 5.56 Å². The Morgan fingerprint density at radius 1 is 1.37 bits per heavy atom. The van der Waals surface area contributed by atoms with Gasteiger partial charge in [0.05, 0.1) is 6.04 Å². The molecule has 0 radical (unpaired) electrons. The van der Waals surface area contributed by atoms with E-state index in [1.807, 2.05) is 16.8 Å². The van der Waals surface area contributed by atoms with Crippen LogP contribution in [0.3, 0.4) is 0 Å². The molecule has 3 rings (SSSR count). The summed E-state index contributed by atoms with van der Waals surface area (Å²) in [4.78, 5) is 9.25. The Bertz CT molecular complexity index is 649. The Labute approximate surface area is 113 Å². The SMILES string of the molecule is Cc1ccn2cc(C3=N[C@@H](C(C)(C)C)CO3)nc2c1. The summed E-state index contributed by atoms with van der Waals surface area (Å²) in [5.41, 5.74) is 3.07. The van der Waals surface area contributed by atoms with Gasteiger partial charge in [0.1, 0.15) is 17.9 Å². The summed E-state index contributed by atoms with van der Waals surface area (Å²) in [5, 5.41) is 0. The van der Waals surface area contributed by atoms with Crippen molar-refractivity contribution in [3.05, 3.63) is 35.8 Å². The van der Waals surface area contributed by atoms with Gasteiger partial charge in [-0.05, 0) is 30.0 Å². The van der Waals surface area contributed by atoms with E-state index in [9.17, 15) is 0 Å². The third kappa shape index (κ3) is 2.23. The lowest BCUT2D eigenvalue weighted by atomic mass is 9.88. The highest BCUT2D eigenvalue weighted by Crippen LogP contribution is 2.27. The van der Waals surface area contributed by atoms with E-state index in [-0.39, 0.29) is 11.5 Å². The number of aromatic nitrogens is 2. The number of ether oxygens (including phenoxy) is 1. The minimum atomic E-state index is 0.123. The maximum atomic E-state index is 5.71. The standard InChI is InChI=1S/C15H19N3O/c1-10-5-6-18-8-11(16-13(18)7-10)14-17-12(9-19-14)15(2,3)4/h5-8,12H,9H2,1-4H3/t12-/m1/s1. The summed E-state index contributed by atoms with van der Waals surface area (Å²) in [6, 6.07) is 4.32. The van der Waals surface area contributed by atoms with E-state index >= 15 is 0 Å². The van der Waals surface area contributed by atoms with E-state index in [1.54, 1.807) is 0 Å². The zero-order chi connectivity index (χ0) is 13.6. The van der Waals surface area contributed by atoms with Crippen LogP contribution in [0.15, 0.2) is 29.5 Å². The van der Waals surface area contributed by atoms with Crippen molar-refractivity contribution in [2.75, 3.05) is 6.61 Å². The van der Waals surface area contributed by atoms with E-state index in [4.69, 9.17) is 4.74 Å². The second-order valence-corrected chi connectivity index (χ2v) is 6.22. The molecule has 1 aliphatic heterocycles. The maximum Gasteiger partial charge on any atom is 0.237 e. The molecule has 0 saturated carbocycles. The molecule has 0 aromatic carbocycles. The molecule has 0 fully saturated rings. The Hall–Kier alpha value is -1.84. The molecule has 0 unspecified atom stereocenters. The van der Waals surface area contributed by atoms with Crippen LogP contribution in [-0.4, -0.2) is 27.9 Å². The van der Waals surface area contributed by atoms with Crippen LogP contribution in [0.25, 0.3) is 5.65 Å². The highest BCUT2D eigenvalue weighted by molar-refractivity contribution is 5.93. The predicted octanol–water partition coefficient (Wildman–Crippen LogP) is 2.83.